The number of rotatable bonds is 3. The first-order valence-electron chi connectivity index (χ1n) is 5.64. The van der Waals surface area contributed by atoms with Crippen LogP contribution >= 0.6 is 15.9 Å². The molecule has 0 aliphatic carbocycles. The standard InChI is InChI=1S/C12H12BrF2N3OS/c1-6-12(7(2)18(3)16-6)17-20(19)11-5-9(14)8(13)4-10(11)15/h4-5,17H,1-3H3. The number of nitrogens with zero attached hydrogens (tertiary/aromatic N) is 2. The number of hydrogen-bond acceptors (Lipinski definition) is 2. The summed E-state index contributed by atoms with van der Waals surface area (Å²) in [5, 5.41) is 4.16. The molecule has 0 aliphatic rings. The van der Waals surface area contributed by atoms with Gasteiger partial charge < -0.3 is 0 Å². The topological polar surface area (TPSA) is 46.9 Å². The van der Waals surface area contributed by atoms with Crippen LogP contribution in [0.4, 0.5) is 14.5 Å². The summed E-state index contributed by atoms with van der Waals surface area (Å²) in [5.41, 5.74) is 1.94. The Morgan fingerprint density at radius 1 is 1.30 bits per heavy atom. The molecule has 1 atom stereocenters. The molecule has 0 bridgehead atoms. The Morgan fingerprint density at radius 3 is 2.50 bits per heavy atom. The van der Waals surface area contributed by atoms with Crippen LogP contribution in [0.2, 0.25) is 0 Å². The van der Waals surface area contributed by atoms with Crippen molar-refractivity contribution >= 4 is 32.6 Å². The van der Waals surface area contributed by atoms with Crippen molar-refractivity contribution in [3.63, 3.8) is 0 Å². The molecular weight excluding hydrogens is 352 g/mol. The molecular formula is C12H12BrF2N3OS. The van der Waals surface area contributed by atoms with Crippen molar-refractivity contribution in [2.45, 2.75) is 18.7 Å². The van der Waals surface area contributed by atoms with Gasteiger partial charge in [0.05, 0.1) is 26.4 Å². The number of aryl methyl sites for hydroxylation is 2. The first-order valence-corrected chi connectivity index (χ1v) is 7.58. The average Bonchev–Trinajstić information content (AvgIpc) is 2.60. The van der Waals surface area contributed by atoms with Crippen LogP contribution in [0.5, 0.6) is 0 Å². The molecule has 4 nitrogen and oxygen atoms in total. The maximum absolute atomic E-state index is 13.7. The molecule has 0 radical (unpaired) electrons. The van der Waals surface area contributed by atoms with E-state index in [1.807, 2.05) is 0 Å². The highest BCUT2D eigenvalue weighted by Crippen LogP contribution is 2.25. The van der Waals surface area contributed by atoms with Gasteiger partial charge in [-0.15, -0.1) is 0 Å². The zero-order chi connectivity index (χ0) is 15.0. The minimum atomic E-state index is -1.91. The van der Waals surface area contributed by atoms with Crippen LogP contribution in [0.15, 0.2) is 21.5 Å². The summed E-state index contributed by atoms with van der Waals surface area (Å²) in [6, 6.07) is 1.86. The quantitative estimate of drug-likeness (QED) is 0.851. The molecule has 1 N–H and O–H groups in total. The predicted molar refractivity (Wildman–Crippen MR) is 76.8 cm³/mol. The van der Waals surface area contributed by atoms with Gasteiger partial charge in [-0.2, -0.15) is 5.10 Å². The van der Waals surface area contributed by atoms with Crippen LogP contribution in [0.1, 0.15) is 11.4 Å². The molecule has 0 saturated carbocycles. The zero-order valence-electron chi connectivity index (χ0n) is 11.0. The van der Waals surface area contributed by atoms with E-state index >= 15 is 0 Å². The third kappa shape index (κ3) is 2.76. The SMILES string of the molecule is Cc1nn(C)c(C)c1NS(=O)c1cc(F)c(Br)cc1F. The summed E-state index contributed by atoms with van der Waals surface area (Å²) < 4.78 is 43.6. The minimum absolute atomic E-state index is 0.00973. The fourth-order valence-electron chi connectivity index (χ4n) is 1.72. The highest BCUT2D eigenvalue weighted by atomic mass is 79.9. The van der Waals surface area contributed by atoms with Crippen LogP contribution in [0.25, 0.3) is 0 Å². The monoisotopic (exact) mass is 363 g/mol. The van der Waals surface area contributed by atoms with Crippen LogP contribution < -0.4 is 4.72 Å². The molecule has 0 aliphatic heterocycles. The summed E-state index contributed by atoms with van der Waals surface area (Å²) in [4.78, 5) is -0.242. The Morgan fingerprint density at radius 2 is 1.95 bits per heavy atom. The molecule has 8 heteroatoms. The van der Waals surface area contributed by atoms with Crippen LogP contribution in [-0.4, -0.2) is 14.0 Å². The molecule has 0 spiro atoms. The van der Waals surface area contributed by atoms with Gasteiger partial charge in [0.15, 0.2) is 11.0 Å². The van der Waals surface area contributed by atoms with Crippen molar-refractivity contribution < 1.29 is 13.0 Å². The van der Waals surface area contributed by atoms with Crippen LogP contribution in [0, 0.1) is 25.5 Å². The lowest BCUT2D eigenvalue weighted by Crippen LogP contribution is -2.09. The molecule has 2 rings (SSSR count). The summed E-state index contributed by atoms with van der Waals surface area (Å²) in [7, 11) is -0.165. The highest BCUT2D eigenvalue weighted by molar-refractivity contribution is 9.10. The van der Waals surface area contributed by atoms with E-state index in [0.717, 1.165) is 17.8 Å². The largest absolute Gasteiger partial charge is 0.297 e. The third-order valence-electron chi connectivity index (χ3n) is 2.88. The first-order chi connectivity index (χ1) is 9.31. The van der Waals surface area contributed by atoms with E-state index in [9.17, 15) is 13.0 Å². The fraction of sp³-hybridized carbons (Fsp3) is 0.250. The molecule has 2 aromatic rings. The summed E-state index contributed by atoms with van der Waals surface area (Å²) in [6.45, 7) is 3.53. The van der Waals surface area contributed by atoms with Crippen molar-refractivity contribution in [1.29, 1.82) is 0 Å². The highest BCUT2D eigenvalue weighted by Gasteiger charge is 2.17. The molecule has 1 aromatic carbocycles. The number of aromatic nitrogens is 2. The average molecular weight is 364 g/mol. The summed E-state index contributed by atoms with van der Waals surface area (Å²) >= 11 is 2.88. The molecule has 1 unspecified atom stereocenters. The van der Waals surface area contributed by atoms with Gasteiger partial charge in [0.2, 0.25) is 0 Å². The summed E-state index contributed by atoms with van der Waals surface area (Å²) in [5.74, 6) is -1.42. The number of anilines is 1. The molecule has 0 saturated heterocycles. The van der Waals surface area contributed by atoms with Crippen molar-refractivity contribution in [1.82, 2.24) is 9.78 Å². The van der Waals surface area contributed by atoms with Gasteiger partial charge in [0, 0.05) is 7.05 Å². The maximum Gasteiger partial charge on any atom is 0.153 e. The van der Waals surface area contributed by atoms with E-state index in [0.29, 0.717) is 11.4 Å². The first kappa shape index (κ1) is 15.1. The van der Waals surface area contributed by atoms with Gasteiger partial charge >= 0.3 is 0 Å². The van der Waals surface area contributed by atoms with E-state index < -0.39 is 22.6 Å². The Hall–Kier alpha value is -1.28. The Balaban J connectivity index is 2.36. The fourth-order valence-corrected chi connectivity index (χ4v) is 3.07. The van der Waals surface area contributed by atoms with Gasteiger partial charge in [-0.05, 0) is 41.9 Å². The van der Waals surface area contributed by atoms with Crippen molar-refractivity contribution in [3.8, 4) is 0 Å². The van der Waals surface area contributed by atoms with Crippen LogP contribution in [-0.2, 0) is 18.0 Å². The van der Waals surface area contributed by atoms with Gasteiger partial charge in [-0.25, -0.2) is 13.0 Å². The van der Waals surface area contributed by atoms with Gasteiger partial charge in [0.1, 0.15) is 11.6 Å². The predicted octanol–water partition coefficient (Wildman–Crippen LogP) is 3.21. The summed E-state index contributed by atoms with van der Waals surface area (Å²) in [6.07, 6.45) is 0. The Kier molecular flexibility index (Phi) is 4.24. The molecule has 20 heavy (non-hydrogen) atoms. The lowest BCUT2D eigenvalue weighted by molar-refractivity contribution is 0.568. The van der Waals surface area contributed by atoms with Crippen molar-refractivity contribution in [2.24, 2.45) is 7.05 Å². The maximum atomic E-state index is 13.7. The lowest BCUT2D eigenvalue weighted by atomic mass is 10.3. The third-order valence-corrected chi connectivity index (χ3v) is 4.59. The van der Waals surface area contributed by atoms with Gasteiger partial charge in [-0.1, -0.05) is 0 Å². The van der Waals surface area contributed by atoms with Gasteiger partial charge in [-0.3, -0.25) is 9.40 Å². The number of nitrogens with one attached hydrogen (secondary N) is 1. The number of halogens is 3. The number of hydrogen-bond donors (Lipinski definition) is 1. The molecule has 0 amide bonds. The van der Waals surface area contributed by atoms with Crippen molar-refractivity contribution in [3.05, 3.63) is 39.6 Å². The lowest BCUT2D eigenvalue weighted by Gasteiger charge is -2.08. The second-order valence-corrected chi connectivity index (χ2v) is 6.27. The van der Waals surface area contributed by atoms with E-state index in [4.69, 9.17) is 0 Å². The molecule has 108 valence electrons. The Bertz CT molecular complexity index is 702. The van der Waals surface area contributed by atoms with E-state index in [2.05, 4.69) is 25.8 Å². The molecule has 0 fully saturated rings. The normalized spacial score (nSPS) is 12.5. The van der Waals surface area contributed by atoms with E-state index in [1.54, 1.807) is 25.6 Å². The van der Waals surface area contributed by atoms with Crippen molar-refractivity contribution in [2.75, 3.05) is 4.72 Å². The minimum Gasteiger partial charge on any atom is -0.297 e. The molecule has 1 aromatic heterocycles. The van der Waals surface area contributed by atoms with E-state index in [1.165, 1.54) is 0 Å². The zero-order valence-corrected chi connectivity index (χ0v) is 13.4. The smallest absolute Gasteiger partial charge is 0.153 e. The Labute approximate surface area is 125 Å². The second kappa shape index (κ2) is 5.61. The second-order valence-electron chi connectivity index (χ2n) is 4.24. The number of benzene rings is 1. The molecule has 1 heterocycles. The van der Waals surface area contributed by atoms with Crippen LogP contribution in [0.3, 0.4) is 0 Å². The van der Waals surface area contributed by atoms with Gasteiger partial charge in [0.25, 0.3) is 0 Å². The van der Waals surface area contributed by atoms with E-state index in [-0.39, 0.29) is 9.37 Å².